The molecule has 0 bridgehead atoms. The zero-order valence-electron chi connectivity index (χ0n) is 14.3. The maximum atomic E-state index is 11.8. The molecule has 0 spiro atoms. The topological polar surface area (TPSA) is 66.4 Å². The second-order valence-corrected chi connectivity index (χ2v) is 6.82. The summed E-state index contributed by atoms with van der Waals surface area (Å²) in [5, 5.41) is 14.3. The van der Waals surface area contributed by atoms with Gasteiger partial charge in [0.1, 0.15) is 0 Å². The van der Waals surface area contributed by atoms with Gasteiger partial charge in [-0.1, -0.05) is 42.5 Å². The fourth-order valence-corrected chi connectivity index (χ4v) is 2.56. The predicted molar refractivity (Wildman–Crippen MR) is 95.9 cm³/mol. The van der Waals surface area contributed by atoms with Crippen molar-refractivity contribution in [2.24, 2.45) is 5.41 Å². The number of aryl methyl sites for hydroxylation is 1. The van der Waals surface area contributed by atoms with Crippen molar-refractivity contribution in [3.63, 3.8) is 0 Å². The van der Waals surface area contributed by atoms with Crippen LogP contribution in [-0.4, -0.2) is 23.5 Å². The monoisotopic (exact) mass is 327 g/mol. The highest BCUT2D eigenvalue weighted by Crippen LogP contribution is 2.19. The van der Waals surface area contributed by atoms with Crippen LogP contribution in [0.1, 0.15) is 38.7 Å². The smallest absolute Gasteiger partial charge is 0.309 e. The van der Waals surface area contributed by atoms with Crippen molar-refractivity contribution in [1.82, 2.24) is 5.32 Å². The molecule has 2 N–H and O–H groups in total. The van der Waals surface area contributed by atoms with Crippen molar-refractivity contribution < 1.29 is 14.7 Å². The molecule has 2 aromatic carbocycles. The lowest BCUT2D eigenvalue weighted by molar-refractivity contribution is -0.147. The third-order valence-corrected chi connectivity index (χ3v) is 4.33. The predicted octanol–water partition coefficient (Wildman–Crippen LogP) is 3.78. The van der Waals surface area contributed by atoms with Crippen molar-refractivity contribution in [2.75, 3.05) is 6.54 Å². The minimum Gasteiger partial charge on any atom is -0.481 e. The number of benzene rings is 2. The molecule has 4 nitrogen and oxygen atoms in total. The largest absolute Gasteiger partial charge is 0.481 e. The average Bonchev–Trinajstić information content (AvgIpc) is 2.54. The second-order valence-electron chi connectivity index (χ2n) is 6.82. The molecular weight excluding hydrogens is 302 g/mol. The molecule has 0 aromatic heterocycles. The van der Waals surface area contributed by atoms with Gasteiger partial charge in [-0.2, -0.15) is 0 Å². The van der Waals surface area contributed by atoms with Gasteiger partial charge in [0, 0.05) is 13.0 Å². The molecule has 0 aliphatic rings. The van der Waals surface area contributed by atoms with Crippen LogP contribution < -0.4 is 5.32 Å². The summed E-state index contributed by atoms with van der Waals surface area (Å²) in [7, 11) is 0. The van der Waals surface area contributed by atoms with E-state index in [-0.39, 0.29) is 5.91 Å². The average molecular weight is 327 g/mol. The Labute approximate surface area is 142 Å². The number of fused-ring (bicyclic) bond motifs is 1. The van der Waals surface area contributed by atoms with Crippen molar-refractivity contribution >= 4 is 22.6 Å². The Hall–Kier alpha value is -2.36. The highest BCUT2D eigenvalue weighted by atomic mass is 16.4. The zero-order chi connectivity index (χ0) is 17.6. The molecular formula is C20H25NO3. The van der Waals surface area contributed by atoms with Gasteiger partial charge in [0.15, 0.2) is 0 Å². The lowest BCUT2D eigenvalue weighted by atomic mass is 9.90. The molecule has 2 aromatic rings. The lowest BCUT2D eigenvalue weighted by Crippen LogP contribution is -2.31. The molecule has 1 amide bonds. The highest BCUT2D eigenvalue weighted by molar-refractivity contribution is 5.83. The van der Waals surface area contributed by atoms with E-state index in [9.17, 15) is 9.59 Å². The first-order valence-electron chi connectivity index (χ1n) is 8.36. The standard InChI is InChI=1S/C20H25NO3/c1-20(2,19(23)24)12-13-21-18(22)9-5-6-15-10-11-16-7-3-4-8-17(16)14-15/h3-4,7-8,10-11,14H,5-6,9,12-13H2,1-2H3,(H,21,22)(H,23,24). The van der Waals surface area contributed by atoms with E-state index in [0.29, 0.717) is 19.4 Å². The number of aliphatic carboxylic acids is 1. The van der Waals surface area contributed by atoms with Gasteiger partial charge in [0.25, 0.3) is 0 Å². The molecule has 0 saturated heterocycles. The van der Waals surface area contributed by atoms with Crippen LogP contribution in [0.15, 0.2) is 42.5 Å². The molecule has 0 unspecified atom stereocenters. The molecule has 0 radical (unpaired) electrons. The van der Waals surface area contributed by atoms with Gasteiger partial charge in [-0.05, 0) is 49.4 Å². The summed E-state index contributed by atoms with van der Waals surface area (Å²) < 4.78 is 0. The van der Waals surface area contributed by atoms with Gasteiger partial charge in [-0.3, -0.25) is 9.59 Å². The number of rotatable bonds is 8. The van der Waals surface area contributed by atoms with Crippen LogP contribution in [0.5, 0.6) is 0 Å². The summed E-state index contributed by atoms with van der Waals surface area (Å²) in [5.74, 6) is -0.856. The highest BCUT2D eigenvalue weighted by Gasteiger charge is 2.26. The summed E-state index contributed by atoms with van der Waals surface area (Å²) in [6.07, 6.45) is 2.53. The third-order valence-electron chi connectivity index (χ3n) is 4.33. The molecule has 0 heterocycles. The molecule has 4 heteroatoms. The van der Waals surface area contributed by atoms with Gasteiger partial charge in [-0.15, -0.1) is 0 Å². The zero-order valence-corrected chi connectivity index (χ0v) is 14.3. The van der Waals surface area contributed by atoms with Crippen LogP contribution in [0.2, 0.25) is 0 Å². The maximum absolute atomic E-state index is 11.8. The molecule has 0 aliphatic carbocycles. The van der Waals surface area contributed by atoms with E-state index < -0.39 is 11.4 Å². The number of carbonyl (C=O) groups is 2. The Morgan fingerprint density at radius 1 is 1.08 bits per heavy atom. The Balaban J connectivity index is 1.73. The minimum atomic E-state index is -0.840. The Bertz CT molecular complexity index is 722. The van der Waals surface area contributed by atoms with E-state index in [2.05, 4.69) is 35.6 Å². The summed E-state index contributed by atoms with van der Waals surface area (Å²) in [4.78, 5) is 22.8. The van der Waals surface area contributed by atoms with Crippen molar-refractivity contribution in [2.45, 2.75) is 39.5 Å². The fourth-order valence-electron chi connectivity index (χ4n) is 2.56. The van der Waals surface area contributed by atoms with E-state index >= 15 is 0 Å². The molecule has 0 saturated carbocycles. The van der Waals surface area contributed by atoms with Gasteiger partial charge < -0.3 is 10.4 Å². The van der Waals surface area contributed by atoms with Crippen molar-refractivity contribution in [3.05, 3.63) is 48.0 Å². The number of hydrogen-bond donors (Lipinski definition) is 2. The second kappa shape index (κ2) is 7.95. The van der Waals surface area contributed by atoms with Crippen LogP contribution in [0.4, 0.5) is 0 Å². The van der Waals surface area contributed by atoms with Crippen LogP contribution in [0, 0.1) is 5.41 Å². The SMILES string of the molecule is CC(C)(CCNC(=O)CCCc1ccc2ccccc2c1)C(=O)O. The summed E-state index contributed by atoms with van der Waals surface area (Å²) in [5.41, 5.74) is 0.423. The number of amides is 1. The van der Waals surface area contributed by atoms with Crippen molar-refractivity contribution in [3.8, 4) is 0 Å². The summed E-state index contributed by atoms with van der Waals surface area (Å²) >= 11 is 0. The molecule has 0 aliphatic heterocycles. The van der Waals surface area contributed by atoms with Gasteiger partial charge in [-0.25, -0.2) is 0 Å². The van der Waals surface area contributed by atoms with Crippen LogP contribution >= 0.6 is 0 Å². The normalized spacial score (nSPS) is 11.4. The first kappa shape index (κ1) is 18.0. The minimum absolute atomic E-state index is 0.0167. The number of carbonyl (C=O) groups excluding carboxylic acids is 1. The van der Waals surface area contributed by atoms with E-state index in [1.54, 1.807) is 13.8 Å². The first-order valence-corrected chi connectivity index (χ1v) is 8.36. The van der Waals surface area contributed by atoms with Crippen molar-refractivity contribution in [1.29, 1.82) is 0 Å². The summed E-state index contributed by atoms with van der Waals surface area (Å²) in [6.45, 7) is 3.73. The number of nitrogens with one attached hydrogen (secondary N) is 1. The van der Waals surface area contributed by atoms with E-state index in [1.807, 2.05) is 12.1 Å². The Kier molecular flexibility index (Phi) is 5.96. The van der Waals surface area contributed by atoms with E-state index in [0.717, 1.165) is 12.8 Å². The Morgan fingerprint density at radius 3 is 2.50 bits per heavy atom. The number of carboxylic acids is 1. The van der Waals surface area contributed by atoms with Crippen LogP contribution in [0.3, 0.4) is 0 Å². The van der Waals surface area contributed by atoms with Gasteiger partial charge in [0.05, 0.1) is 5.41 Å². The fraction of sp³-hybridized carbons (Fsp3) is 0.400. The quantitative estimate of drug-likeness (QED) is 0.775. The Morgan fingerprint density at radius 2 is 1.79 bits per heavy atom. The van der Waals surface area contributed by atoms with Gasteiger partial charge in [0.2, 0.25) is 5.91 Å². The third kappa shape index (κ3) is 5.08. The van der Waals surface area contributed by atoms with E-state index in [1.165, 1.54) is 16.3 Å². The number of hydrogen-bond acceptors (Lipinski definition) is 2. The molecule has 24 heavy (non-hydrogen) atoms. The van der Waals surface area contributed by atoms with E-state index in [4.69, 9.17) is 5.11 Å². The molecule has 2 rings (SSSR count). The molecule has 0 fully saturated rings. The van der Waals surface area contributed by atoms with Crippen LogP contribution in [0.25, 0.3) is 10.8 Å². The summed E-state index contributed by atoms with van der Waals surface area (Å²) in [6, 6.07) is 14.6. The van der Waals surface area contributed by atoms with Crippen LogP contribution in [-0.2, 0) is 16.0 Å². The lowest BCUT2D eigenvalue weighted by Gasteiger charge is -2.18. The molecule has 128 valence electrons. The maximum Gasteiger partial charge on any atom is 0.309 e. The first-order chi connectivity index (χ1) is 11.4. The number of carboxylic acid groups (broad SMARTS) is 1. The van der Waals surface area contributed by atoms with Gasteiger partial charge >= 0.3 is 5.97 Å². The molecule has 0 atom stereocenters.